The van der Waals surface area contributed by atoms with E-state index in [1.807, 2.05) is 6.08 Å². The molecule has 0 heterocycles. The van der Waals surface area contributed by atoms with E-state index in [0.29, 0.717) is 41.3 Å². The maximum absolute atomic E-state index is 13.2. The Bertz CT molecular complexity index is 752. The van der Waals surface area contributed by atoms with E-state index >= 15 is 0 Å². The molecule has 4 aliphatic carbocycles. The van der Waals surface area contributed by atoms with Gasteiger partial charge in [0.25, 0.3) is 0 Å². The average Bonchev–Trinajstić information content (AvgIpc) is 3.05. The Morgan fingerprint density at radius 1 is 1.10 bits per heavy atom. The maximum Gasteiger partial charge on any atom is 0.159 e. The molecule has 3 heteroatoms. The van der Waals surface area contributed by atoms with Gasteiger partial charge in [0.15, 0.2) is 5.78 Å². The minimum atomic E-state index is -0.295. The predicted molar refractivity (Wildman–Crippen MR) is 123 cm³/mol. The normalized spacial score (nSPS) is 44.4. The summed E-state index contributed by atoms with van der Waals surface area (Å²) < 4.78 is 0. The summed E-state index contributed by atoms with van der Waals surface area (Å²) in [5.74, 6) is 4.18. The Morgan fingerprint density at radius 2 is 1.87 bits per heavy atom. The molecule has 1 unspecified atom stereocenters. The van der Waals surface area contributed by atoms with Gasteiger partial charge >= 0.3 is 0 Å². The molecule has 0 aromatic rings. The minimum absolute atomic E-state index is 0.0383. The molecule has 4 rings (SSSR count). The van der Waals surface area contributed by atoms with Crippen molar-refractivity contribution in [2.75, 3.05) is 0 Å². The Hall–Kier alpha value is -1.25. The molecule has 0 bridgehead atoms. The number of carbonyl (C=O) groups is 1. The zero-order valence-corrected chi connectivity index (χ0v) is 19.7. The number of hydrogen-bond donors (Lipinski definition) is 0. The highest BCUT2D eigenvalue weighted by Gasteiger charge is 2.60. The molecular weight excluding hydrogens is 370 g/mol. The number of ketones is 1. The van der Waals surface area contributed by atoms with E-state index in [2.05, 4.69) is 51.9 Å². The molecule has 3 saturated carbocycles. The quantitative estimate of drug-likeness (QED) is 0.357. The molecule has 4 aliphatic rings. The summed E-state index contributed by atoms with van der Waals surface area (Å²) in [7, 11) is 0. The molecule has 0 N–H and O–H groups in total. The standard InChI is InChI=1S/C27H41NO2/c1-17(2)7-6-8-18(3)21-9-10-22-20-16-25(29)24-15-19(28-30)11-13-27(24,5)23(20)12-14-26(21,22)4/h6,8,15,17-23H,7,9-14,16H2,1-5H3/t18-,19?,20+,21-,22+,23+,26-,27-/m1/s1. The van der Waals surface area contributed by atoms with Crippen LogP contribution in [0.15, 0.2) is 29.0 Å². The number of hydrogen-bond acceptors (Lipinski definition) is 3. The first kappa shape index (κ1) is 22.0. The first-order valence-electron chi connectivity index (χ1n) is 12.5. The van der Waals surface area contributed by atoms with Crippen molar-refractivity contribution in [2.24, 2.45) is 51.5 Å². The summed E-state index contributed by atoms with van der Waals surface area (Å²) in [5.41, 5.74) is 1.27. The van der Waals surface area contributed by atoms with Crippen LogP contribution < -0.4 is 0 Å². The van der Waals surface area contributed by atoms with Crippen molar-refractivity contribution in [1.29, 1.82) is 0 Å². The molecule has 30 heavy (non-hydrogen) atoms. The van der Waals surface area contributed by atoms with Crippen molar-refractivity contribution >= 4 is 5.78 Å². The lowest BCUT2D eigenvalue weighted by Gasteiger charge is -2.58. The molecule has 0 aromatic heterocycles. The molecule has 0 radical (unpaired) electrons. The van der Waals surface area contributed by atoms with Crippen molar-refractivity contribution in [1.82, 2.24) is 0 Å². The van der Waals surface area contributed by atoms with E-state index in [-0.39, 0.29) is 11.5 Å². The van der Waals surface area contributed by atoms with Gasteiger partial charge in [-0.25, -0.2) is 0 Å². The zero-order chi connectivity index (χ0) is 21.7. The summed E-state index contributed by atoms with van der Waals surface area (Å²) in [4.78, 5) is 24.4. The fourth-order valence-electron chi connectivity index (χ4n) is 8.22. The fourth-order valence-corrected chi connectivity index (χ4v) is 8.22. The van der Waals surface area contributed by atoms with Gasteiger partial charge in [0.05, 0.1) is 0 Å². The highest BCUT2D eigenvalue weighted by atomic mass is 16.3. The lowest BCUT2D eigenvalue weighted by atomic mass is 9.46. The van der Waals surface area contributed by atoms with Crippen molar-refractivity contribution in [3.63, 3.8) is 0 Å². The molecule has 0 aromatic carbocycles. The van der Waals surface area contributed by atoms with Crippen molar-refractivity contribution in [3.8, 4) is 0 Å². The minimum Gasteiger partial charge on any atom is -0.295 e. The largest absolute Gasteiger partial charge is 0.295 e. The molecule has 8 atom stereocenters. The smallest absolute Gasteiger partial charge is 0.159 e. The predicted octanol–water partition coefficient (Wildman–Crippen LogP) is 7.12. The van der Waals surface area contributed by atoms with Crippen LogP contribution in [0.3, 0.4) is 0 Å². The van der Waals surface area contributed by atoms with Crippen LogP contribution in [0.2, 0.25) is 0 Å². The Morgan fingerprint density at radius 3 is 2.57 bits per heavy atom. The van der Waals surface area contributed by atoms with E-state index < -0.39 is 0 Å². The Balaban J connectivity index is 1.57. The van der Waals surface area contributed by atoms with E-state index in [1.54, 1.807) is 0 Å². The lowest BCUT2D eigenvalue weighted by Crippen LogP contribution is -2.53. The molecular formula is C27H41NO2. The third-order valence-electron chi connectivity index (χ3n) is 9.80. The fraction of sp³-hybridized carbons (Fsp3) is 0.815. The second kappa shape index (κ2) is 8.02. The first-order valence-corrected chi connectivity index (χ1v) is 12.5. The van der Waals surface area contributed by atoms with Gasteiger partial charge in [0, 0.05) is 6.42 Å². The van der Waals surface area contributed by atoms with Crippen LogP contribution in [0.1, 0.15) is 86.0 Å². The molecule has 0 saturated heterocycles. The summed E-state index contributed by atoms with van der Waals surface area (Å²) in [6.45, 7) is 11.9. The summed E-state index contributed by atoms with van der Waals surface area (Å²) in [5, 5.41) is 3.25. The van der Waals surface area contributed by atoms with E-state index in [9.17, 15) is 9.70 Å². The molecule has 0 spiro atoms. The number of rotatable bonds is 5. The maximum atomic E-state index is 13.2. The molecule has 3 fully saturated rings. The van der Waals surface area contributed by atoms with Gasteiger partial charge in [-0.3, -0.25) is 4.79 Å². The number of Topliss-reactive ketones (excluding diaryl/α,β-unsaturated/α-hetero) is 1. The van der Waals surface area contributed by atoms with Crippen LogP contribution in [0, 0.1) is 51.2 Å². The SMILES string of the molecule is CC(C)CC=C[C@@H](C)[C@H]1CC[C@H]2[C@@H]3CC(=O)C4=CC(N=O)CC[C@]4(C)[C@H]3CC[C@]12C. The lowest BCUT2D eigenvalue weighted by molar-refractivity contribution is -0.129. The van der Waals surface area contributed by atoms with Gasteiger partial charge in [0.1, 0.15) is 6.04 Å². The number of allylic oxidation sites excluding steroid dienone is 3. The van der Waals surface area contributed by atoms with Crippen LogP contribution in [-0.2, 0) is 4.79 Å². The van der Waals surface area contributed by atoms with Crippen molar-refractivity contribution in [3.05, 3.63) is 28.7 Å². The molecule has 0 aliphatic heterocycles. The second-order valence-corrected chi connectivity index (χ2v) is 11.9. The third-order valence-corrected chi connectivity index (χ3v) is 9.80. The highest BCUT2D eigenvalue weighted by molar-refractivity contribution is 5.98. The summed E-state index contributed by atoms with van der Waals surface area (Å²) in [6, 6.07) is -0.295. The molecule has 166 valence electrons. The van der Waals surface area contributed by atoms with Gasteiger partial charge in [-0.15, -0.1) is 0 Å². The average molecular weight is 412 g/mol. The zero-order valence-electron chi connectivity index (χ0n) is 19.7. The van der Waals surface area contributed by atoms with Crippen molar-refractivity contribution < 1.29 is 4.79 Å². The van der Waals surface area contributed by atoms with Gasteiger partial charge in [-0.2, -0.15) is 4.91 Å². The summed E-state index contributed by atoms with van der Waals surface area (Å²) in [6.07, 6.45) is 15.5. The van der Waals surface area contributed by atoms with Crippen LogP contribution in [-0.4, -0.2) is 11.8 Å². The van der Waals surface area contributed by atoms with Crippen LogP contribution in [0.5, 0.6) is 0 Å². The number of nitrogens with zero attached hydrogens (tertiary/aromatic N) is 1. The number of nitroso groups, excluding NO2 is 1. The topological polar surface area (TPSA) is 46.5 Å². The molecule has 3 nitrogen and oxygen atoms in total. The summed E-state index contributed by atoms with van der Waals surface area (Å²) >= 11 is 0. The van der Waals surface area contributed by atoms with E-state index in [0.717, 1.165) is 30.3 Å². The highest BCUT2D eigenvalue weighted by Crippen LogP contribution is 2.67. The number of carbonyl (C=O) groups excluding carboxylic acids is 1. The van der Waals surface area contributed by atoms with Crippen LogP contribution >= 0.6 is 0 Å². The Kier molecular flexibility index (Phi) is 5.87. The Labute approximate surface area is 183 Å². The van der Waals surface area contributed by atoms with Crippen molar-refractivity contribution in [2.45, 2.75) is 92.0 Å². The number of fused-ring (bicyclic) bond motifs is 5. The second-order valence-electron chi connectivity index (χ2n) is 11.9. The van der Waals surface area contributed by atoms with Crippen LogP contribution in [0.25, 0.3) is 0 Å². The van der Waals surface area contributed by atoms with Gasteiger partial charge < -0.3 is 0 Å². The monoisotopic (exact) mass is 411 g/mol. The van der Waals surface area contributed by atoms with Gasteiger partial charge in [0.2, 0.25) is 0 Å². The van der Waals surface area contributed by atoms with Gasteiger partial charge in [-0.1, -0.05) is 51.9 Å². The van der Waals surface area contributed by atoms with E-state index in [1.165, 1.54) is 32.1 Å². The molecule has 0 amide bonds. The third kappa shape index (κ3) is 3.45. The first-order chi connectivity index (χ1) is 14.2. The van der Waals surface area contributed by atoms with E-state index in [4.69, 9.17) is 0 Å². The van der Waals surface area contributed by atoms with Gasteiger partial charge in [-0.05, 0) is 103 Å². The van der Waals surface area contributed by atoms with Crippen LogP contribution in [0.4, 0.5) is 0 Å².